The summed E-state index contributed by atoms with van der Waals surface area (Å²) in [6.45, 7) is 6.73. The topological polar surface area (TPSA) is 42.0 Å². The second kappa shape index (κ2) is 6.20. The van der Waals surface area contributed by atoms with Crippen molar-refractivity contribution in [3.8, 4) is 0 Å². The minimum absolute atomic E-state index is 0.0936. The smallest absolute Gasteiger partial charge is 0.268 e. The molecular formula is C14H26N2O3. The summed E-state index contributed by atoms with van der Waals surface area (Å²) in [5.41, 5.74) is 0. The molecular weight excluding hydrogens is 244 g/mol. The number of amides is 1. The van der Waals surface area contributed by atoms with Crippen LogP contribution in [0, 0.1) is 0 Å². The van der Waals surface area contributed by atoms with Crippen LogP contribution in [0.3, 0.4) is 0 Å². The highest BCUT2D eigenvalue weighted by Crippen LogP contribution is 2.35. The van der Waals surface area contributed by atoms with Gasteiger partial charge in [-0.3, -0.25) is 9.80 Å². The van der Waals surface area contributed by atoms with Gasteiger partial charge < -0.3 is 9.47 Å². The Morgan fingerprint density at radius 2 is 1.89 bits per heavy atom. The standard InChI is InChI=1S/C14H26N2O3/c1-5-6-12-13(19-9-18-4)14(17)16(12)15-10(2)7-8-11(15)3/h10-13H,5-9H2,1-4H3/t10-,11-,12+,13-/m1/s1. The number of hydrogen-bond donors (Lipinski definition) is 0. The van der Waals surface area contributed by atoms with Crippen LogP contribution in [0.2, 0.25) is 0 Å². The number of carbonyl (C=O) groups excluding carboxylic acids is 1. The second-order valence-corrected chi connectivity index (χ2v) is 5.69. The number of ether oxygens (including phenoxy) is 2. The van der Waals surface area contributed by atoms with E-state index in [0.717, 1.165) is 25.7 Å². The van der Waals surface area contributed by atoms with Gasteiger partial charge >= 0.3 is 0 Å². The Labute approximate surface area is 115 Å². The molecule has 0 bridgehead atoms. The lowest BCUT2D eigenvalue weighted by atomic mass is 9.95. The number of hydrogen-bond acceptors (Lipinski definition) is 4. The van der Waals surface area contributed by atoms with Gasteiger partial charge in [0, 0.05) is 19.2 Å². The minimum atomic E-state index is -0.320. The van der Waals surface area contributed by atoms with Crippen molar-refractivity contribution in [2.45, 2.75) is 70.7 Å². The molecule has 4 atom stereocenters. The molecule has 0 radical (unpaired) electrons. The highest BCUT2D eigenvalue weighted by molar-refractivity contribution is 5.88. The van der Waals surface area contributed by atoms with Crippen molar-refractivity contribution in [2.24, 2.45) is 0 Å². The molecule has 2 aliphatic heterocycles. The molecule has 0 N–H and O–H groups in total. The number of β-lactam (4-membered cyclic amide) rings is 1. The van der Waals surface area contributed by atoms with Crippen molar-refractivity contribution in [1.29, 1.82) is 0 Å². The van der Waals surface area contributed by atoms with Crippen LogP contribution in [0.1, 0.15) is 46.5 Å². The first kappa shape index (κ1) is 14.8. The van der Waals surface area contributed by atoms with Crippen LogP contribution in [0.15, 0.2) is 0 Å². The summed E-state index contributed by atoms with van der Waals surface area (Å²) in [7, 11) is 1.58. The molecule has 0 aromatic rings. The third-order valence-electron chi connectivity index (χ3n) is 4.24. The largest absolute Gasteiger partial charge is 0.359 e. The molecule has 5 nitrogen and oxygen atoms in total. The molecule has 2 heterocycles. The van der Waals surface area contributed by atoms with Crippen LogP contribution >= 0.6 is 0 Å². The predicted octanol–water partition coefficient (Wildman–Crippen LogP) is 1.77. The Kier molecular flexibility index (Phi) is 4.81. The monoisotopic (exact) mass is 270 g/mol. The minimum Gasteiger partial charge on any atom is -0.359 e. The van der Waals surface area contributed by atoms with Crippen molar-refractivity contribution in [3.63, 3.8) is 0 Å². The van der Waals surface area contributed by atoms with Gasteiger partial charge in [-0.1, -0.05) is 13.3 Å². The van der Waals surface area contributed by atoms with Crippen molar-refractivity contribution >= 4 is 5.91 Å². The summed E-state index contributed by atoms with van der Waals surface area (Å²) in [6.07, 6.45) is 4.04. The molecule has 0 aromatic carbocycles. The van der Waals surface area contributed by atoms with Gasteiger partial charge in [0.2, 0.25) is 0 Å². The zero-order chi connectivity index (χ0) is 14.0. The van der Waals surface area contributed by atoms with Crippen LogP contribution in [0.5, 0.6) is 0 Å². The summed E-state index contributed by atoms with van der Waals surface area (Å²) < 4.78 is 10.4. The lowest BCUT2D eigenvalue weighted by Gasteiger charge is -2.53. The number of rotatable bonds is 6. The first-order valence-electron chi connectivity index (χ1n) is 7.33. The molecule has 2 aliphatic rings. The van der Waals surface area contributed by atoms with E-state index in [1.54, 1.807) is 7.11 Å². The lowest BCUT2D eigenvalue weighted by Crippen LogP contribution is -2.72. The maximum atomic E-state index is 12.3. The Morgan fingerprint density at radius 1 is 1.26 bits per heavy atom. The highest BCUT2D eigenvalue weighted by Gasteiger charge is 2.53. The third-order valence-corrected chi connectivity index (χ3v) is 4.24. The number of nitrogens with zero attached hydrogens (tertiary/aromatic N) is 2. The average molecular weight is 270 g/mol. The van der Waals surface area contributed by atoms with Gasteiger partial charge in [0.05, 0.1) is 6.04 Å². The van der Waals surface area contributed by atoms with Crippen molar-refractivity contribution < 1.29 is 14.3 Å². The highest BCUT2D eigenvalue weighted by atomic mass is 16.7. The number of carbonyl (C=O) groups is 1. The van der Waals surface area contributed by atoms with Crippen molar-refractivity contribution in [2.75, 3.05) is 13.9 Å². The fourth-order valence-electron chi connectivity index (χ4n) is 3.29. The van der Waals surface area contributed by atoms with Gasteiger partial charge in [-0.25, -0.2) is 5.01 Å². The van der Waals surface area contributed by atoms with Crippen molar-refractivity contribution in [3.05, 3.63) is 0 Å². The molecule has 19 heavy (non-hydrogen) atoms. The van der Waals surface area contributed by atoms with Crippen LogP contribution in [-0.4, -0.2) is 54.1 Å². The van der Waals surface area contributed by atoms with Gasteiger partial charge in [-0.05, 0) is 33.1 Å². The van der Waals surface area contributed by atoms with Crippen LogP contribution in [-0.2, 0) is 14.3 Å². The van der Waals surface area contributed by atoms with E-state index in [1.165, 1.54) is 0 Å². The van der Waals surface area contributed by atoms with Gasteiger partial charge in [-0.15, -0.1) is 0 Å². The van der Waals surface area contributed by atoms with Crippen LogP contribution in [0.25, 0.3) is 0 Å². The summed E-state index contributed by atoms with van der Waals surface area (Å²) >= 11 is 0. The van der Waals surface area contributed by atoms with Gasteiger partial charge in [-0.2, -0.15) is 0 Å². The zero-order valence-electron chi connectivity index (χ0n) is 12.5. The Morgan fingerprint density at radius 3 is 2.42 bits per heavy atom. The van der Waals surface area contributed by atoms with Crippen molar-refractivity contribution in [1.82, 2.24) is 10.0 Å². The quantitative estimate of drug-likeness (QED) is 0.545. The molecule has 2 saturated heterocycles. The fourth-order valence-corrected chi connectivity index (χ4v) is 3.29. The van der Waals surface area contributed by atoms with Crippen LogP contribution < -0.4 is 0 Å². The maximum absolute atomic E-state index is 12.3. The average Bonchev–Trinajstić information content (AvgIpc) is 2.71. The SMILES string of the molecule is CCC[C@H]1[C@@H](OCOC)C(=O)N1N1[C@H](C)CC[C@H]1C. The fraction of sp³-hybridized carbons (Fsp3) is 0.929. The van der Waals surface area contributed by atoms with Crippen LogP contribution in [0.4, 0.5) is 0 Å². The van der Waals surface area contributed by atoms with E-state index in [2.05, 4.69) is 25.8 Å². The van der Waals surface area contributed by atoms with E-state index in [4.69, 9.17) is 9.47 Å². The summed E-state index contributed by atoms with van der Waals surface area (Å²) in [5.74, 6) is 0.0936. The zero-order valence-corrected chi connectivity index (χ0v) is 12.5. The molecule has 2 fully saturated rings. The predicted molar refractivity (Wildman–Crippen MR) is 72.3 cm³/mol. The van der Waals surface area contributed by atoms with E-state index in [9.17, 15) is 4.79 Å². The molecule has 2 rings (SSSR count). The van der Waals surface area contributed by atoms with E-state index < -0.39 is 0 Å². The normalized spacial score (nSPS) is 35.8. The molecule has 0 aliphatic carbocycles. The number of methoxy groups -OCH3 is 1. The summed E-state index contributed by atoms with van der Waals surface area (Å²) in [4.78, 5) is 12.3. The van der Waals surface area contributed by atoms with E-state index in [1.807, 2.05) is 5.01 Å². The molecule has 1 amide bonds. The molecule has 0 saturated carbocycles. The molecule has 0 spiro atoms. The summed E-state index contributed by atoms with van der Waals surface area (Å²) in [5, 5.41) is 4.21. The second-order valence-electron chi connectivity index (χ2n) is 5.69. The van der Waals surface area contributed by atoms with Gasteiger partial charge in [0.1, 0.15) is 6.79 Å². The Bertz CT molecular complexity index is 314. The first-order valence-corrected chi connectivity index (χ1v) is 7.33. The molecule has 5 heteroatoms. The van der Waals surface area contributed by atoms with E-state index in [-0.39, 0.29) is 24.8 Å². The maximum Gasteiger partial charge on any atom is 0.268 e. The number of hydrazine groups is 1. The van der Waals surface area contributed by atoms with Gasteiger partial charge in [0.25, 0.3) is 5.91 Å². The van der Waals surface area contributed by atoms with Gasteiger partial charge in [0.15, 0.2) is 6.10 Å². The van der Waals surface area contributed by atoms with E-state index in [0.29, 0.717) is 12.1 Å². The Balaban J connectivity index is 2.05. The third kappa shape index (κ3) is 2.64. The Hall–Kier alpha value is -0.650. The lowest BCUT2D eigenvalue weighted by molar-refractivity contribution is -0.230. The molecule has 110 valence electrons. The molecule has 0 unspecified atom stereocenters. The first-order chi connectivity index (χ1) is 9.11. The summed E-state index contributed by atoms with van der Waals surface area (Å²) in [6, 6.07) is 1.07. The van der Waals surface area contributed by atoms with E-state index >= 15 is 0 Å². The molecule has 0 aromatic heterocycles.